The van der Waals surface area contributed by atoms with Crippen LogP contribution in [-0.4, -0.2) is 25.8 Å². The fourth-order valence-electron chi connectivity index (χ4n) is 1.72. The molecular weight excluding hydrogens is 282 g/mol. The summed E-state index contributed by atoms with van der Waals surface area (Å²) in [7, 11) is -3.50. The highest BCUT2D eigenvalue weighted by molar-refractivity contribution is 7.89. The van der Waals surface area contributed by atoms with E-state index in [4.69, 9.17) is 0 Å². The molecule has 0 radical (unpaired) electrons. The maximum Gasteiger partial charge on any atom is 0.243 e. The van der Waals surface area contributed by atoms with E-state index in [0.29, 0.717) is 17.9 Å². The van der Waals surface area contributed by atoms with Crippen LogP contribution in [-0.2, 0) is 10.0 Å². The fourth-order valence-corrected chi connectivity index (χ4v) is 3.08. The number of aryl methyl sites for hydroxylation is 1. The van der Waals surface area contributed by atoms with E-state index in [1.165, 1.54) is 4.31 Å². The number of benzene rings is 1. The van der Waals surface area contributed by atoms with E-state index >= 15 is 0 Å². The molecule has 0 aromatic heterocycles. The van der Waals surface area contributed by atoms with Crippen LogP contribution in [0.25, 0.3) is 0 Å². The summed E-state index contributed by atoms with van der Waals surface area (Å²) >= 11 is 0. The van der Waals surface area contributed by atoms with E-state index in [2.05, 4.69) is 17.6 Å². The lowest BCUT2D eigenvalue weighted by Crippen LogP contribution is -2.32. The minimum absolute atomic E-state index is 0.205. The molecule has 0 fully saturated rings. The second-order valence-electron chi connectivity index (χ2n) is 4.53. The molecule has 0 spiro atoms. The van der Waals surface area contributed by atoms with Gasteiger partial charge in [-0.2, -0.15) is 4.31 Å². The van der Waals surface area contributed by atoms with Gasteiger partial charge in [0.25, 0.3) is 0 Å². The van der Waals surface area contributed by atoms with Crippen molar-refractivity contribution in [3.05, 3.63) is 47.7 Å². The number of nitrogens with zero attached hydrogens (tertiary/aromatic N) is 1. The van der Waals surface area contributed by atoms with Crippen LogP contribution in [0, 0.1) is 18.8 Å². The molecule has 0 aliphatic carbocycles. The Morgan fingerprint density at radius 3 is 2.48 bits per heavy atom. The second-order valence-corrected chi connectivity index (χ2v) is 6.46. The highest BCUT2D eigenvalue weighted by Gasteiger charge is 2.22. The first-order valence-electron chi connectivity index (χ1n) is 6.84. The van der Waals surface area contributed by atoms with Crippen molar-refractivity contribution >= 4 is 10.0 Å². The second kappa shape index (κ2) is 8.49. The zero-order chi connectivity index (χ0) is 15.7. The van der Waals surface area contributed by atoms with Gasteiger partial charge in [-0.1, -0.05) is 23.6 Å². The Balaban J connectivity index is 3.00. The smallest absolute Gasteiger partial charge is 0.207 e. The van der Waals surface area contributed by atoms with Crippen molar-refractivity contribution in [2.45, 2.75) is 32.1 Å². The van der Waals surface area contributed by atoms with Gasteiger partial charge in [0.1, 0.15) is 0 Å². The maximum atomic E-state index is 12.6. The fraction of sp³-hybridized carbons (Fsp3) is 0.353. The first kappa shape index (κ1) is 17.3. The third-order valence-electron chi connectivity index (χ3n) is 2.90. The van der Waals surface area contributed by atoms with Crippen molar-refractivity contribution in [3.63, 3.8) is 0 Å². The lowest BCUT2D eigenvalue weighted by molar-refractivity contribution is 0.452. The Labute approximate surface area is 128 Å². The van der Waals surface area contributed by atoms with Crippen LogP contribution < -0.4 is 0 Å². The average Bonchev–Trinajstić information content (AvgIpc) is 2.46. The van der Waals surface area contributed by atoms with Crippen LogP contribution in [0.1, 0.15) is 25.8 Å². The quantitative estimate of drug-likeness (QED) is 0.598. The van der Waals surface area contributed by atoms with Crippen LogP contribution >= 0.6 is 0 Å². The number of hydrogen-bond acceptors (Lipinski definition) is 2. The van der Waals surface area contributed by atoms with Crippen LogP contribution in [0.2, 0.25) is 0 Å². The predicted molar refractivity (Wildman–Crippen MR) is 86.3 cm³/mol. The highest BCUT2D eigenvalue weighted by Crippen LogP contribution is 2.16. The summed E-state index contributed by atoms with van der Waals surface area (Å²) in [5.74, 6) is 5.58. The molecule has 1 aromatic rings. The number of sulfonamides is 1. The third-order valence-corrected chi connectivity index (χ3v) is 4.76. The Morgan fingerprint density at radius 2 is 1.90 bits per heavy atom. The zero-order valence-corrected chi connectivity index (χ0v) is 13.6. The maximum absolute atomic E-state index is 12.6. The molecule has 0 heterocycles. The normalized spacial score (nSPS) is 10.5. The van der Waals surface area contributed by atoms with Crippen molar-refractivity contribution in [1.29, 1.82) is 0 Å². The minimum atomic E-state index is -3.50. The van der Waals surface area contributed by atoms with Gasteiger partial charge in [-0.05, 0) is 51.5 Å². The molecule has 0 N–H and O–H groups in total. The van der Waals surface area contributed by atoms with Gasteiger partial charge in [-0.3, -0.25) is 0 Å². The van der Waals surface area contributed by atoms with Gasteiger partial charge < -0.3 is 0 Å². The molecule has 0 bridgehead atoms. The van der Waals surface area contributed by atoms with Gasteiger partial charge in [0, 0.05) is 6.54 Å². The number of rotatable bonds is 6. The van der Waals surface area contributed by atoms with E-state index in [1.807, 2.05) is 19.9 Å². The molecule has 0 unspecified atom stereocenters. The summed E-state index contributed by atoms with van der Waals surface area (Å²) in [6.45, 7) is 6.11. The molecule has 1 rings (SSSR count). The van der Waals surface area contributed by atoms with Gasteiger partial charge in [-0.25, -0.2) is 8.42 Å². The summed E-state index contributed by atoms with van der Waals surface area (Å²) in [4.78, 5) is 0.306. The molecule has 0 aliphatic heterocycles. The van der Waals surface area contributed by atoms with E-state index in [9.17, 15) is 8.42 Å². The molecular formula is C17H21NO2S. The first-order valence-corrected chi connectivity index (χ1v) is 8.28. The Hall–Kier alpha value is -1.79. The molecule has 112 valence electrons. The van der Waals surface area contributed by atoms with Crippen LogP contribution in [0.4, 0.5) is 0 Å². The van der Waals surface area contributed by atoms with Crippen LogP contribution in [0.5, 0.6) is 0 Å². The highest BCUT2D eigenvalue weighted by atomic mass is 32.2. The van der Waals surface area contributed by atoms with Crippen molar-refractivity contribution in [2.24, 2.45) is 0 Å². The molecule has 0 saturated heterocycles. The molecule has 4 heteroatoms. The summed E-state index contributed by atoms with van der Waals surface area (Å²) in [6, 6.07) is 6.88. The zero-order valence-electron chi connectivity index (χ0n) is 12.8. The van der Waals surface area contributed by atoms with E-state index in [1.54, 1.807) is 37.3 Å². The van der Waals surface area contributed by atoms with Crippen molar-refractivity contribution in [2.75, 3.05) is 13.1 Å². The summed E-state index contributed by atoms with van der Waals surface area (Å²) in [5, 5.41) is 0. The molecule has 0 aliphatic rings. The predicted octanol–water partition coefficient (Wildman–Crippen LogP) is 3.13. The molecule has 1 aromatic carbocycles. The SMILES string of the molecule is CC#CCN(CCC=C=CC)S(=O)(=O)c1ccc(C)cc1. The molecule has 21 heavy (non-hydrogen) atoms. The topological polar surface area (TPSA) is 37.4 Å². The Morgan fingerprint density at radius 1 is 1.24 bits per heavy atom. The van der Waals surface area contributed by atoms with E-state index in [0.717, 1.165) is 5.56 Å². The van der Waals surface area contributed by atoms with Gasteiger partial charge in [0.05, 0.1) is 11.4 Å². The van der Waals surface area contributed by atoms with Crippen molar-refractivity contribution in [3.8, 4) is 11.8 Å². The molecule has 0 amide bonds. The monoisotopic (exact) mass is 303 g/mol. The molecule has 0 atom stereocenters. The van der Waals surface area contributed by atoms with Gasteiger partial charge >= 0.3 is 0 Å². The minimum Gasteiger partial charge on any atom is -0.207 e. The molecule has 3 nitrogen and oxygen atoms in total. The summed E-state index contributed by atoms with van der Waals surface area (Å²) < 4.78 is 26.7. The van der Waals surface area contributed by atoms with Crippen molar-refractivity contribution in [1.82, 2.24) is 4.31 Å². The first-order chi connectivity index (χ1) is 10.0. The largest absolute Gasteiger partial charge is 0.243 e. The Kier molecular flexibility index (Phi) is 6.98. The number of hydrogen-bond donors (Lipinski definition) is 0. The lowest BCUT2D eigenvalue weighted by Gasteiger charge is -2.19. The van der Waals surface area contributed by atoms with Gasteiger partial charge in [-0.15, -0.1) is 11.7 Å². The van der Waals surface area contributed by atoms with E-state index in [-0.39, 0.29) is 6.54 Å². The molecule has 0 saturated carbocycles. The van der Waals surface area contributed by atoms with Gasteiger partial charge in [0.15, 0.2) is 0 Å². The van der Waals surface area contributed by atoms with E-state index < -0.39 is 10.0 Å². The lowest BCUT2D eigenvalue weighted by atomic mass is 10.2. The van der Waals surface area contributed by atoms with Crippen LogP contribution in [0.15, 0.2) is 47.0 Å². The Bertz CT molecular complexity index is 670. The summed E-state index contributed by atoms with van der Waals surface area (Å²) in [5.41, 5.74) is 3.98. The van der Waals surface area contributed by atoms with Gasteiger partial charge in [0.2, 0.25) is 10.0 Å². The summed E-state index contributed by atoms with van der Waals surface area (Å²) in [6.07, 6.45) is 4.24. The standard InChI is InChI=1S/C17H21NO2S/c1-4-6-8-9-15-18(14-7-5-2)21(19,20)17-12-10-16(3)11-13-17/h4,8,10-13H,9,14-15H2,1-3H3. The van der Waals surface area contributed by atoms with Crippen LogP contribution in [0.3, 0.4) is 0 Å². The third kappa shape index (κ3) is 5.24. The average molecular weight is 303 g/mol. The van der Waals surface area contributed by atoms with Crippen molar-refractivity contribution < 1.29 is 8.42 Å².